The molecule has 1 aliphatic heterocycles. The van der Waals surface area contributed by atoms with Crippen molar-refractivity contribution in [1.82, 2.24) is 5.16 Å². The van der Waals surface area contributed by atoms with Gasteiger partial charge in [-0.25, -0.2) is 0 Å². The van der Waals surface area contributed by atoms with Crippen LogP contribution in [-0.4, -0.2) is 28.1 Å². The maximum Gasteiger partial charge on any atom is 0.301 e. The zero-order valence-electron chi connectivity index (χ0n) is 17.7. The van der Waals surface area contributed by atoms with Gasteiger partial charge >= 0.3 is 5.91 Å². The Morgan fingerprint density at radius 3 is 2.34 bits per heavy atom. The standard InChI is InChI=1S/C24H21ClN2O5/c1-13(2)31-18-10-6-16(7-11-18)22(28)20-21(15-4-8-17(25)9-5-15)27(24(30)23(20)29)19-12-14(3)32-26-19/h4-13,21,28H,1-3H3/b22-20+. The Balaban J connectivity index is 1.85. The molecule has 1 fully saturated rings. The Bertz CT molecular complexity index is 1200. The number of hydrogen-bond acceptors (Lipinski definition) is 6. The zero-order chi connectivity index (χ0) is 23.0. The summed E-state index contributed by atoms with van der Waals surface area (Å²) in [5.41, 5.74) is 0.931. The molecule has 0 saturated carbocycles. The molecular formula is C24H21ClN2O5. The SMILES string of the molecule is Cc1cc(N2C(=O)C(=O)/C(=C(/O)c3ccc(OC(C)C)cc3)C2c2ccc(Cl)cc2)no1. The maximum absolute atomic E-state index is 13.1. The van der Waals surface area contributed by atoms with Crippen LogP contribution in [-0.2, 0) is 9.59 Å². The van der Waals surface area contributed by atoms with Crippen LogP contribution >= 0.6 is 11.6 Å². The highest BCUT2D eigenvalue weighted by Crippen LogP contribution is 2.42. The number of ether oxygens (including phenoxy) is 1. The van der Waals surface area contributed by atoms with E-state index in [1.165, 1.54) is 4.90 Å². The molecule has 2 heterocycles. The van der Waals surface area contributed by atoms with Gasteiger partial charge in [0, 0.05) is 16.7 Å². The average Bonchev–Trinajstić information content (AvgIpc) is 3.29. The van der Waals surface area contributed by atoms with E-state index >= 15 is 0 Å². The van der Waals surface area contributed by atoms with Crippen molar-refractivity contribution < 1.29 is 24.0 Å². The van der Waals surface area contributed by atoms with Crippen molar-refractivity contribution in [2.24, 2.45) is 0 Å². The lowest BCUT2D eigenvalue weighted by Gasteiger charge is -2.23. The highest BCUT2D eigenvalue weighted by atomic mass is 35.5. The first-order valence-electron chi connectivity index (χ1n) is 10.0. The van der Waals surface area contributed by atoms with Gasteiger partial charge in [-0.05, 0) is 62.7 Å². The summed E-state index contributed by atoms with van der Waals surface area (Å²) < 4.78 is 10.8. The maximum atomic E-state index is 13.1. The van der Waals surface area contributed by atoms with Crippen LogP contribution in [0.5, 0.6) is 5.75 Å². The number of ketones is 1. The Morgan fingerprint density at radius 2 is 1.78 bits per heavy atom. The second-order valence-corrected chi connectivity index (χ2v) is 8.14. The first-order chi connectivity index (χ1) is 15.3. The van der Waals surface area contributed by atoms with E-state index in [-0.39, 0.29) is 23.3 Å². The third-order valence-corrected chi connectivity index (χ3v) is 5.24. The van der Waals surface area contributed by atoms with Crippen molar-refractivity contribution in [1.29, 1.82) is 0 Å². The van der Waals surface area contributed by atoms with Crippen molar-refractivity contribution in [3.63, 3.8) is 0 Å². The molecule has 7 nitrogen and oxygen atoms in total. The molecule has 0 aliphatic carbocycles. The number of Topliss-reactive ketones (excluding diaryl/α,β-unsaturated/α-hetero) is 1. The number of aliphatic hydroxyl groups is 1. The number of hydrogen-bond donors (Lipinski definition) is 1. The highest BCUT2D eigenvalue weighted by molar-refractivity contribution is 6.51. The van der Waals surface area contributed by atoms with E-state index in [4.69, 9.17) is 20.9 Å². The molecule has 1 atom stereocenters. The summed E-state index contributed by atoms with van der Waals surface area (Å²) in [6.07, 6.45) is -0.00408. The number of aliphatic hydroxyl groups excluding tert-OH is 1. The van der Waals surface area contributed by atoms with E-state index in [0.29, 0.717) is 27.7 Å². The predicted molar refractivity (Wildman–Crippen MR) is 120 cm³/mol. The van der Waals surface area contributed by atoms with E-state index in [0.717, 1.165) is 0 Å². The number of aryl methyl sites for hydroxylation is 1. The van der Waals surface area contributed by atoms with Crippen molar-refractivity contribution in [3.05, 3.63) is 82.1 Å². The van der Waals surface area contributed by atoms with E-state index in [1.807, 2.05) is 13.8 Å². The molecule has 0 spiro atoms. The predicted octanol–water partition coefficient (Wildman–Crippen LogP) is 5.05. The summed E-state index contributed by atoms with van der Waals surface area (Å²) in [6.45, 7) is 5.51. The van der Waals surface area contributed by atoms with Gasteiger partial charge in [-0.3, -0.25) is 14.5 Å². The molecule has 0 radical (unpaired) electrons. The van der Waals surface area contributed by atoms with E-state index < -0.39 is 17.7 Å². The third-order valence-electron chi connectivity index (χ3n) is 4.99. The number of benzene rings is 2. The van der Waals surface area contributed by atoms with Gasteiger partial charge in [-0.1, -0.05) is 28.9 Å². The lowest BCUT2D eigenvalue weighted by molar-refractivity contribution is -0.132. The van der Waals surface area contributed by atoms with Crippen LogP contribution in [0.4, 0.5) is 5.82 Å². The second-order valence-electron chi connectivity index (χ2n) is 7.71. The van der Waals surface area contributed by atoms with Gasteiger partial charge in [-0.2, -0.15) is 0 Å². The molecule has 32 heavy (non-hydrogen) atoms. The molecular weight excluding hydrogens is 432 g/mol. The van der Waals surface area contributed by atoms with E-state index in [2.05, 4.69) is 5.16 Å². The summed E-state index contributed by atoms with van der Waals surface area (Å²) >= 11 is 6.03. The van der Waals surface area contributed by atoms with Crippen LogP contribution in [0, 0.1) is 6.92 Å². The molecule has 1 aromatic heterocycles. The molecule has 1 N–H and O–H groups in total. The molecule has 1 saturated heterocycles. The number of rotatable bonds is 5. The molecule has 2 aromatic carbocycles. The van der Waals surface area contributed by atoms with Gasteiger partial charge in [0.05, 0.1) is 17.7 Å². The van der Waals surface area contributed by atoms with Gasteiger partial charge in [0.15, 0.2) is 5.82 Å². The van der Waals surface area contributed by atoms with Gasteiger partial charge in [0.1, 0.15) is 17.3 Å². The first-order valence-corrected chi connectivity index (χ1v) is 10.4. The summed E-state index contributed by atoms with van der Waals surface area (Å²) in [7, 11) is 0. The molecule has 4 rings (SSSR count). The number of carbonyl (C=O) groups is 2. The second kappa shape index (κ2) is 8.51. The first kappa shape index (κ1) is 21.6. The van der Waals surface area contributed by atoms with Gasteiger partial charge in [0.25, 0.3) is 5.78 Å². The van der Waals surface area contributed by atoms with Crippen molar-refractivity contribution >= 4 is 34.9 Å². The summed E-state index contributed by atoms with van der Waals surface area (Å²) in [4.78, 5) is 27.3. The summed E-state index contributed by atoms with van der Waals surface area (Å²) in [5, 5.41) is 15.5. The zero-order valence-corrected chi connectivity index (χ0v) is 18.5. The molecule has 8 heteroatoms. The number of carbonyl (C=O) groups excluding carboxylic acids is 2. The van der Waals surface area contributed by atoms with E-state index in [9.17, 15) is 14.7 Å². The molecule has 1 aliphatic rings. The normalized spacial score (nSPS) is 17.9. The Hall–Kier alpha value is -3.58. The Kier molecular flexibility index (Phi) is 5.76. The topological polar surface area (TPSA) is 92.9 Å². The Morgan fingerprint density at radius 1 is 1.12 bits per heavy atom. The van der Waals surface area contributed by atoms with Gasteiger partial charge in [-0.15, -0.1) is 0 Å². The number of halogens is 1. The van der Waals surface area contributed by atoms with Crippen molar-refractivity contribution in [2.45, 2.75) is 32.9 Å². The minimum Gasteiger partial charge on any atom is -0.507 e. The molecule has 1 amide bonds. The van der Waals surface area contributed by atoms with Crippen molar-refractivity contribution in [3.8, 4) is 5.75 Å². The number of nitrogens with zero attached hydrogens (tertiary/aromatic N) is 2. The van der Waals surface area contributed by atoms with E-state index in [1.54, 1.807) is 61.5 Å². The quantitative estimate of drug-likeness (QED) is 0.331. The fourth-order valence-electron chi connectivity index (χ4n) is 3.62. The lowest BCUT2D eigenvalue weighted by Crippen LogP contribution is -2.29. The van der Waals surface area contributed by atoms with Crippen LogP contribution in [0.3, 0.4) is 0 Å². The van der Waals surface area contributed by atoms with Crippen LogP contribution in [0.2, 0.25) is 5.02 Å². The average molecular weight is 453 g/mol. The molecule has 0 bridgehead atoms. The lowest BCUT2D eigenvalue weighted by atomic mass is 9.95. The molecule has 1 unspecified atom stereocenters. The third kappa shape index (κ3) is 3.99. The van der Waals surface area contributed by atoms with Crippen LogP contribution in [0.15, 0.2) is 64.7 Å². The minimum atomic E-state index is -0.900. The Labute approximate surface area is 189 Å². The highest BCUT2D eigenvalue weighted by Gasteiger charge is 2.48. The number of amides is 1. The summed E-state index contributed by atoms with van der Waals surface area (Å²) in [6, 6.07) is 14.0. The van der Waals surface area contributed by atoms with Gasteiger partial charge < -0.3 is 14.4 Å². The monoisotopic (exact) mass is 452 g/mol. The number of aromatic nitrogens is 1. The molecule has 3 aromatic rings. The van der Waals surface area contributed by atoms with Crippen molar-refractivity contribution in [2.75, 3.05) is 4.90 Å². The van der Waals surface area contributed by atoms with Crippen LogP contribution < -0.4 is 9.64 Å². The fraction of sp³-hybridized carbons (Fsp3) is 0.208. The van der Waals surface area contributed by atoms with Crippen LogP contribution in [0.25, 0.3) is 5.76 Å². The van der Waals surface area contributed by atoms with Crippen LogP contribution in [0.1, 0.15) is 36.8 Å². The molecule has 164 valence electrons. The number of anilines is 1. The van der Waals surface area contributed by atoms with Gasteiger partial charge in [0.2, 0.25) is 0 Å². The summed E-state index contributed by atoms with van der Waals surface area (Å²) in [5.74, 6) is -0.613. The smallest absolute Gasteiger partial charge is 0.301 e. The fourth-order valence-corrected chi connectivity index (χ4v) is 3.74. The largest absolute Gasteiger partial charge is 0.507 e. The minimum absolute atomic E-state index is 0.00408.